The minimum Gasteiger partial charge on any atom is -0.381 e. The van der Waals surface area contributed by atoms with Crippen molar-refractivity contribution in [2.24, 2.45) is 5.92 Å². The van der Waals surface area contributed by atoms with E-state index in [4.69, 9.17) is 4.74 Å². The van der Waals surface area contributed by atoms with Crippen LogP contribution >= 0.6 is 0 Å². The van der Waals surface area contributed by atoms with E-state index in [1.807, 2.05) is 0 Å². The second-order valence-corrected chi connectivity index (χ2v) is 6.35. The number of aromatic nitrogens is 2. The van der Waals surface area contributed by atoms with Crippen molar-refractivity contribution in [2.75, 3.05) is 26.3 Å². The zero-order valence-electron chi connectivity index (χ0n) is 12.8. The van der Waals surface area contributed by atoms with Crippen molar-refractivity contribution in [1.29, 1.82) is 0 Å². The molecular weight excluding hydrogens is 300 g/mol. The van der Waals surface area contributed by atoms with E-state index < -0.39 is 11.6 Å². The quantitative estimate of drug-likeness (QED) is 0.946. The number of aromatic amines is 1. The normalized spacial score (nSPS) is 21.6. The lowest BCUT2D eigenvalue weighted by Crippen LogP contribution is -2.34. The molecule has 0 bridgehead atoms. The van der Waals surface area contributed by atoms with E-state index >= 15 is 0 Å². The lowest BCUT2D eigenvalue weighted by Gasteiger charge is -2.27. The average Bonchev–Trinajstić information content (AvgIpc) is 3.16. The molecule has 23 heavy (non-hydrogen) atoms. The summed E-state index contributed by atoms with van der Waals surface area (Å²) in [5, 5.41) is 0. The van der Waals surface area contributed by atoms with Gasteiger partial charge in [0.1, 0.15) is 17.5 Å². The molecule has 1 fully saturated rings. The van der Waals surface area contributed by atoms with Gasteiger partial charge in [0.25, 0.3) is 0 Å². The highest BCUT2D eigenvalue weighted by Crippen LogP contribution is 2.26. The first-order valence-corrected chi connectivity index (χ1v) is 8.02. The van der Waals surface area contributed by atoms with Crippen LogP contribution in [0.2, 0.25) is 0 Å². The summed E-state index contributed by atoms with van der Waals surface area (Å²) < 4.78 is 32.4. The van der Waals surface area contributed by atoms with Gasteiger partial charge < -0.3 is 9.72 Å². The molecule has 1 N–H and O–H groups in total. The number of ether oxygens (including phenoxy) is 1. The number of H-pyrrole nitrogens is 1. The molecule has 2 aliphatic rings. The Balaban J connectivity index is 1.52. The number of fused-ring (bicyclic) bond motifs is 1. The van der Waals surface area contributed by atoms with Gasteiger partial charge in [-0.2, -0.15) is 0 Å². The van der Waals surface area contributed by atoms with Crippen molar-refractivity contribution in [3.05, 3.63) is 41.2 Å². The molecule has 3 heterocycles. The third kappa shape index (κ3) is 3.01. The molecule has 1 atom stereocenters. The summed E-state index contributed by atoms with van der Waals surface area (Å²) in [5.74, 6) is -0.0735. The van der Waals surface area contributed by atoms with Crippen LogP contribution in [-0.4, -0.2) is 41.2 Å². The first-order valence-electron chi connectivity index (χ1n) is 8.02. The molecule has 122 valence electrons. The van der Waals surface area contributed by atoms with Crippen LogP contribution in [0.15, 0.2) is 18.2 Å². The van der Waals surface area contributed by atoms with Crippen molar-refractivity contribution in [2.45, 2.75) is 19.4 Å². The average molecular weight is 319 g/mol. The van der Waals surface area contributed by atoms with Crippen LogP contribution in [0.3, 0.4) is 0 Å². The Kier molecular flexibility index (Phi) is 3.87. The molecule has 0 saturated carbocycles. The molecule has 4 nitrogen and oxygen atoms in total. The Morgan fingerprint density at radius 2 is 2.26 bits per heavy atom. The van der Waals surface area contributed by atoms with E-state index in [0.29, 0.717) is 17.3 Å². The Morgan fingerprint density at radius 1 is 1.35 bits per heavy atom. The molecule has 0 aliphatic carbocycles. The van der Waals surface area contributed by atoms with Gasteiger partial charge in [0.2, 0.25) is 0 Å². The zero-order chi connectivity index (χ0) is 15.8. The second-order valence-electron chi connectivity index (χ2n) is 6.35. The first kappa shape index (κ1) is 14.8. The zero-order valence-corrected chi connectivity index (χ0v) is 12.8. The molecule has 1 saturated heterocycles. The monoisotopic (exact) mass is 319 g/mol. The van der Waals surface area contributed by atoms with E-state index in [2.05, 4.69) is 14.9 Å². The van der Waals surface area contributed by atoms with E-state index in [0.717, 1.165) is 63.1 Å². The summed E-state index contributed by atoms with van der Waals surface area (Å²) in [6.07, 6.45) is 1.97. The predicted molar refractivity (Wildman–Crippen MR) is 81.8 cm³/mol. The summed E-state index contributed by atoms with van der Waals surface area (Å²) >= 11 is 0. The number of imidazole rings is 1. The van der Waals surface area contributed by atoms with Gasteiger partial charge in [0.15, 0.2) is 0 Å². The summed E-state index contributed by atoms with van der Waals surface area (Å²) in [6, 6.07) is 3.58. The SMILES string of the molecule is Fc1ccc(-c2nc3c([nH]2)CN(C[C@@H]2CCOC2)CC3)c(F)c1. The third-order valence-corrected chi connectivity index (χ3v) is 4.64. The minimum absolute atomic E-state index is 0.316. The van der Waals surface area contributed by atoms with Crippen molar-refractivity contribution in [3.8, 4) is 11.4 Å². The molecule has 0 unspecified atom stereocenters. The predicted octanol–water partition coefficient (Wildman–Crippen LogP) is 2.75. The maximum absolute atomic E-state index is 13.9. The van der Waals surface area contributed by atoms with Gasteiger partial charge in [-0.05, 0) is 24.5 Å². The van der Waals surface area contributed by atoms with Crippen molar-refractivity contribution >= 4 is 0 Å². The second kappa shape index (κ2) is 6.02. The van der Waals surface area contributed by atoms with Crippen LogP contribution in [0.5, 0.6) is 0 Å². The largest absolute Gasteiger partial charge is 0.381 e. The van der Waals surface area contributed by atoms with E-state index in [1.165, 1.54) is 12.1 Å². The molecular formula is C17H19F2N3O. The van der Waals surface area contributed by atoms with Crippen LogP contribution in [0.1, 0.15) is 17.8 Å². The molecule has 6 heteroatoms. The summed E-state index contributed by atoms with van der Waals surface area (Å²) in [7, 11) is 0. The van der Waals surface area contributed by atoms with Crippen molar-refractivity contribution in [1.82, 2.24) is 14.9 Å². The minimum atomic E-state index is -0.587. The number of benzene rings is 1. The standard InChI is InChI=1S/C17H19F2N3O/c18-12-1-2-13(14(19)7-12)17-20-15-3-5-22(9-16(15)21-17)8-11-4-6-23-10-11/h1-2,7,11H,3-6,8-10H2,(H,20,21)/t11-/m0/s1. The molecule has 0 amide bonds. The van der Waals surface area contributed by atoms with Gasteiger partial charge in [-0.1, -0.05) is 0 Å². The van der Waals surface area contributed by atoms with Gasteiger partial charge in [-0.3, -0.25) is 4.90 Å². The van der Waals surface area contributed by atoms with E-state index in [9.17, 15) is 8.78 Å². The Labute approximate surface area is 133 Å². The van der Waals surface area contributed by atoms with Gasteiger partial charge in [-0.25, -0.2) is 13.8 Å². The highest BCUT2D eigenvalue weighted by Gasteiger charge is 2.25. The van der Waals surface area contributed by atoms with Crippen LogP contribution in [0, 0.1) is 17.6 Å². The van der Waals surface area contributed by atoms with Crippen LogP contribution in [-0.2, 0) is 17.7 Å². The first-order chi connectivity index (χ1) is 11.2. The van der Waals surface area contributed by atoms with Crippen molar-refractivity contribution in [3.63, 3.8) is 0 Å². The molecule has 1 aromatic carbocycles. The van der Waals surface area contributed by atoms with Crippen LogP contribution in [0.4, 0.5) is 8.78 Å². The number of nitrogens with one attached hydrogen (secondary N) is 1. The fourth-order valence-corrected chi connectivity index (χ4v) is 3.41. The molecule has 1 aromatic heterocycles. The number of hydrogen-bond donors (Lipinski definition) is 1. The van der Waals surface area contributed by atoms with Crippen LogP contribution in [0.25, 0.3) is 11.4 Å². The highest BCUT2D eigenvalue weighted by molar-refractivity contribution is 5.57. The Hall–Kier alpha value is -1.79. The van der Waals surface area contributed by atoms with E-state index in [-0.39, 0.29) is 0 Å². The van der Waals surface area contributed by atoms with E-state index in [1.54, 1.807) is 0 Å². The molecule has 0 spiro atoms. The molecule has 0 radical (unpaired) electrons. The summed E-state index contributed by atoms with van der Waals surface area (Å²) in [5.41, 5.74) is 2.34. The van der Waals surface area contributed by atoms with Gasteiger partial charge in [-0.15, -0.1) is 0 Å². The Morgan fingerprint density at radius 3 is 3.04 bits per heavy atom. The van der Waals surface area contributed by atoms with Gasteiger partial charge >= 0.3 is 0 Å². The van der Waals surface area contributed by atoms with Gasteiger partial charge in [0.05, 0.1) is 23.6 Å². The molecule has 4 rings (SSSR count). The lowest BCUT2D eigenvalue weighted by molar-refractivity contribution is 0.161. The molecule has 2 aliphatic heterocycles. The number of hydrogen-bond acceptors (Lipinski definition) is 3. The third-order valence-electron chi connectivity index (χ3n) is 4.64. The summed E-state index contributed by atoms with van der Waals surface area (Å²) in [6.45, 7) is 4.49. The fourth-order valence-electron chi connectivity index (χ4n) is 3.41. The number of nitrogens with zero attached hydrogens (tertiary/aromatic N) is 2. The maximum atomic E-state index is 13.9. The molecule has 2 aromatic rings. The highest BCUT2D eigenvalue weighted by atomic mass is 19.1. The number of halogens is 2. The summed E-state index contributed by atoms with van der Waals surface area (Å²) in [4.78, 5) is 10.1. The smallest absolute Gasteiger partial charge is 0.140 e. The fraction of sp³-hybridized carbons (Fsp3) is 0.471. The topological polar surface area (TPSA) is 41.2 Å². The Bertz CT molecular complexity index is 710. The number of rotatable bonds is 3. The van der Waals surface area contributed by atoms with Crippen molar-refractivity contribution < 1.29 is 13.5 Å². The maximum Gasteiger partial charge on any atom is 0.140 e. The van der Waals surface area contributed by atoms with Crippen LogP contribution < -0.4 is 0 Å². The van der Waals surface area contributed by atoms with Gasteiger partial charge in [0, 0.05) is 38.7 Å². The lowest BCUT2D eigenvalue weighted by atomic mass is 10.1.